The number of nitrogens with zero attached hydrogens (tertiary/aromatic N) is 1. The van der Waals surface area contributed by atoms with Crippen molar-refractivity contribution in [1.82, 2.24) is 10.6 Å². The first-order valence-electron chi connectivity index (χ1n) is 7.60. The highest BCUT2D eigenvalue weighted by molar-refractivity contribution is 5.79. The molecular formula is C17H27N3O2. The Hall–Kier alpha value is -2.17. The molecule has 0 unspecified atom stereocenters. The quantitative estimate of drug-likeness (QED) is 0.318. The van der Waals surface area contributed by atoms with Crippen LogP contribution in [0, 0.1) is 0 Å². The van der Waals surface area contributed by atoms with Crippen LogP contribution < -0.4 is 20.1 Å². The number of benzene rings is 1. The van der Waals surface area contributed by atoms with Crippen molar-refractivity contribution in [3.8, 4) is 11.5 Å². The maximum Gasteiger partial charge on any atom is 0.191 e. The third-order valence-corrected chi connectivity index (χ3v) is 3.10. The minimum atomic E-state index is 0.632. The number of ether oxygens (including phenoxy) is 2. The van der Waals surface area contributed by atoms with Gasteiger partial charge in [-0.05, 0) is 37.5 Å². The van der Waals surface area contributed by atoms with Crippen molar-refractivity contribution in [3.05, 3.63) is 36.4 Å². The van der Waals surface area contributed by atoms with Gasteiger partial charge in [0.1, 0.15) is 0 Å². The highest BCUT2D eigenvalue weighted by atomic mass is 16.5. The molecule has 0 heterocycles. The summed E-state index contributed by atoms with van der Waals surface area (Å²) in [5.41, 5.74) is 1.24. The van der Waals surface area contributed by atoms with Gasteiger partial charge in [0.2, 0.25) is 0 Å². The van der Waals surface area contributed by atoms with Gasteiger partial charge < -0.3 is 20.1 Å². The van der Waals surface area contributed by atoms with E-state index in [9.17, 15) is 0 Å². The van der Waals surface area contributed by atoms with Crippen molar-refractivity contribution < 1.29 is 9.47 Å². The maximum atomic E-state index is 5.60. The molecule has 0 aliphatic carbocycles. The Labute approximate surface area is 133 Å². The molecule has 0 amide bonds. The lowest BCUT2D eigenvalue weighted by atomic mass is 10.1. The van der Waals surface area contributed by atoms with E-state index in [2.05, 4.69) is 28.3 Å². The van der Waals surface area contributed by atoms with Crippen molar-refractivity contribution in [2.24, 2.45) is 4.99 Å². The number of hydrogen-bond acceptors (Lipinski definition) is 3. The van der Waals surface area contributed by atoms with Crippen LogP contribution in [0.15, 0.2) is 35.8 Å². The van der Waals surface area contributed by atoms with Crippen LogP contribution >= 0.6 is 0 Å². The largest absolute Gasteiger partial charge is 0.493 e. The molecule has 0 atom stereocenters. The van der Waals surface area contributed by atoms with Crippen LogP contribution in [-0.2, 0) is 6.42 Å². The summed E-state index contributed by atoms with van der Waals surface area (Å²) < 4.78 is 10.9. The summed E-state index contributed by atoms with van der Waals surface area (Å²) in [6.45, 7) is 7.83. The average molecular weight is 305 g/mol. The van der Waals surface area contributed by atoms with Crippen LogP contribution in [0.2, 0.25) is 0 Å². The number of hydrogen-bond donors (Lipinski definition) is 2. The summed E-state index contributed by atoms with van der Waals surface area (Å²) in [7, 11) is 3.42. The Morgan fingerprint density at radius 3 is 2.77 bits per heavy atom. The molecule has 0 spiro atoms. The van der Waals surface area contributed by atoms with Gasteiger partial charge in [-0.3, -0.25) is 4.99 Å². The van der Waals surface area contributed by atoms with Gasteiger partial charge in [0.05, 0.1) is 13.7 Å². The number of guanidine groups is 1. The first kappa shape index (κ1) is 17.9. The van der Waals surface area contributed by atoms with Crippen molar-refractivity contribution in [2.45, 2.75) is 19.8 Å². The molecule has 0 saturated heterocycles. The molecule has 5 nitrogen and oxygen atoms in total. The normalized spacial score (nSPS) is 11.0. The van der Waals surface area contributed by atoms with E-state index in [1.54, 1.807) is 20.2 Å². The SMILES string of the molecule is C=CCNC(=NC)NCCCc1ccc(OC)c(OCC)c1. The van der Waals surface area contributed by atoms with Crippen LogP contribution in [0.25, 0.3) is 0 Å². The number of aliphatic imine (C=N–C) groups is 1. The van der Waals surface area contributed by atoms with Gasteiger partial charge in [0, 0.05) is 20.1 Å². The molecule has 0 fully saturated rings. The molecule has 122 valence electrons. The molecule has 0 aliphatic rings. The maximum absolute atomic E-state index is 5.60. The Kier molecular flexibility index (Phi) is 8.57. The molecular weight excluding hydrogens is 278 g/mol. The summed E-state index contributed by atoms with van der Waals surface area (Å²) in [4.78, 5) is 4.14. The second-order valence-corrected chi connectivity index (χ2v) is 4.69. The molecule has 2 N–H and O–H groups in total. The molecule has 1 aromatic rings. The molecule has 0 aliphatic heterocycles. The molecule has 0 radical (unpaired) electrons. The molecule has 5 heteroatoms. The van der Waals surface area contributed by atoms with Gasteiger partial charge >= 0.3 is 0 Å². The Bertz CT molecular complexity index is 487. The number of aryl methyl sites for hydroxylation is 1. The zero-order valence-corrected chi connectivity index (χ0v) is 13.8. The van der Waals surface area contributed by atoms with Crippen LogP contribution in [-0.4, -0.2) is 39.8 Å². The highest BCUT2D eigenvalue weighted by Gasteiger charge is 2.05. The standard InChI is InChI=1S/C17H27N3O2/c1-5-11-19-17(18-3)20-12-7-8-14-9-10-15(21-4)16(13-14)22-6-2/h5,9-10,13H,1,6-8,11-12H2,2-4H3,(H2,18,19,20). The second-order valence-electron chi connectivity index (χ2n) is 4.69. The number of nitrogens with one attached hydrogen (secondary N) is 2. The molecule has 0 aromatic heterocycles. The number of methoxy groups -OCH3 is 1. The Morgan fingerprint density at radius 1 is 1.32 bits per heavy atom. The fourth-order valence-corrected chi connectivity index (χ4v) is 2.03. The third kappa shape index (κ3) is 6.08. The Morgan fingerprint density at radius 2 is 2.14 bits per heavy atom. The first-order valence-corrected chi connectivity index (χ1v) is 7.60. The minimum absolute atomic E-state index is 0.632. The predicted octanol–water partition coefficient (Wildman–Crippen LogP) is 2.38. The molecule has 0 saturated carbocycles. The predicted molar refractivity (Wildman–Crippen MR) is 92.0 cm³/mol. The van der Waals surface area contributed by atoms with E-state index < -0.39 is 0 Å². The van der Waals surface area contributed by atoms with E-state index >= 15 is 0 Å². The highest BCUT2D eigenvalue weighted by Crippen LogP contribution is 2.28. The van der Waals surface area contributed by atoms with Crippen LogP contribution in [0.3, 0.4) is 0 Å². The molecule has 22 heavy (non-hydrogen) atoms. The van der Waals surface area contributed by atoms with Crippen LogP contribution in [0.4, 0.5) is 0 Å². The van der Waals surface area contributed by atoms with Gasteiger partial charge in [0.15, 0.2) is 17.5 Å². The third-order valence-electron chi connectivity index (χ3n) is 3.10. The summed E-state index contributed by atoms with van der Waals surface area (Å²) in [6.07, 6.45) is 3.78. The van der Waals surface area contributed by atoms with E-state index in [0.717, 1.165) is 36.8 Å². The van der Waals surface area contributed by atoms with Crippen molar-refractivity contribution in [3.63, 3.8) is 0 Å². The summed E-state index contributed by atoms with van der Waals surface area (Å²) in [5, 5.41) is 6.41. The van der Waals surface area contributed by atoms with E-state index in [4.69, 9.17) is 9.47 Å². The zero-order valence-electron chi connectivity index (χ0n) is 13.8. The van der Waals surface area contributed by atoms with Crippen molar-refractivity contribution >= 4 is 5.96 Å². The van der Waals surface area contributed by atoms with Crippen molar-refractivity contribution in [1.29, 1.82) is 0 Å². The van der Waals surface area contributed by atoms with Crippen LogP contribution in [0.5, 0.6) is 11.5 Å². The second kappa shape index (κ2) is 10.5. The van der Waals surface area contributed by atoms with Crippen molar-refractivity contribution in [2.75, 3.05) is 33.9 Å². The van der Waals surface area contributed by atoms with E-state index in [0.29, 0.717) is 13.2 Å². The van der Waals surface area contributed by atoms with E-state index in [-0.39, 0.29) is 0 Å². The lowest BCUT2D eigenvalue weighted by Crippen LogP contribution is -2.37. The lowest BCUT2D eigenvalue weighted by Gasteiger charge is -2.12. The van der Waals surface area contributed by atoms with Gasteiger partial charge in [-0.25, -0.2) is 0 Å². The molecule has 1 aromatic carbocycles. The monoisotopic (exact) mass is 305 g/mol. The van der Waals surface area contributed by atoms with Gasteiger partial charge in [0.25, 0.3) is 0 Å². The summed E-state index contributed by atoms with van der Waals surface area (Å²) in [6, 6.07) is 6.08. The van der Waals surface area contributed by atoms with Gasteiger partial charge in [-0.15, -0.1) is 6.58 Å². The van der Waals surface area contributed by atoms with Crippen LogP contribution in [0.1, 0.15) is 18.9 Å². The average Bonchev–Trinajstić information content (AvgIpc) is 2.55. The minimum Gasteiger partial charge on any atom is -0.493 e. The number of rotatable bonds is 9. The van der Waals surface area contributed by atoms with Gasteiger partial charge in [-0.2, -0.15) is 0 Å². The topological polar surface area (TPSA) is 54.9 Å². The Balaban J connectivity index is 2.44. The van der Waals surface area contributed by atoms with Gasteiger partial charge in [-0.1, -0.05) is 12.1 Å². The van der Waals surface area contributed by atoms with E-state index in [1.807, 2.05) is 19.1 Å². The zero-order chi connectivity index (χ0) is 16.2. The lowest BCUT2D eigenvalue weighted by molar-refractivity contribution is 0.310. The molecule has 0 bridgehead atoms. The summed E-state index contributed by atoms with van der Waals surface area (Å²) in [5.74, 6) is 2.38. The van der Waals surface area contributed by atoms with E-state index in [1.165, 1.54) is 5.56 Å². The smallest absolute Gasteiger partial charge is 0.191 e. The molecule has 1 rings (SSSR count). The fraction of sp³-hybridized carbons (Fsp3) is 0.471. The summed E-state index contributed by atoms with van der Waals surface area (Å²) >= 11 is 0. The fourth-order valence-electron chi connectivity index (χ4n) is 2.03. The first-order chi connectivity index (χ1) is 10.7.